The predicted octanol–water partition coefficient (Wildman–Crippen LogP) is 2.59. The Kier molecular flexibility index (Phi) is 4.09. The molecular weight excluding hydrogens is 292 g/mol. The normalized spacial score (nSPS) is 22.6. The molecule has 0 spiro atoms. The lowest BCUT2D eigenvalue weighted by molar-refractivity contribution is -0.286. The van der Waals surface area contributed by atoms with Gasteiger partial charge in [0.1, 0.15) is 0 Å². The second kappa shape index (κ2) is 5.35. The first-order valence-corrected chi connectivity index (χ1v) is 6.30. The number of benzene rings is 1. The van der Waals surface area contributed by atoms with Gasteiger partial charge in [-0.25, -0.2) is 0 Å². The molecule has 0 bridgehead atoms. The Morgan fingerprint density at radius 3 is 2.50 bits per heavy atom. The number of halogens is 3. The fourth-order valence-electron chi connectivity index (χ4n) is 2.44. The zero-order valence-corrected chi connectivity index (χ0v) is 11.4. The molecule has 0 unspecified atom stereocenters. The minimum absolute atomic E-state index is 0. The highest BCUT2D eigenvalue weighted by Gasteiger charge is 2.43. The Bertz CT molecular complexity index is 497. The van der Waals surface area contributed by atoms with Crippen LogP contribution in [0.5, 0.6) is 11.5 Å². The molecule has 3 N–H and O–H groups in total. The molecule has 1 fully saturated rings. The third-order valence-electron chi connectivity index (χ3n) is 3.81. The minimum Gasteiger partial charge on any atom is -0.395 e. The molecule has 0 amide bonds. The van der Waals surface area contributed by atoms with Gasteiger partial charge in [-0.15, -0.1) is 21.2 Å². The van der Waals surface area contributed by atoms with Gasteiger partial charge in [-0.1, -0.05) is 12.5 Å². The van der Waals surface area contributed by atoms with Crippen LogP contribution in [0.1, 0.15) is 30.9 Å². The summed E-state index contributed by atoms with van der Waals surface area (Å²) in [5.74, 6) is 0.139. The van der Waals surface area contributed by atoms with Gasteiger partial charge in [0.05, 0.1) is 12.1 Å². The molecule has 0 radical (unpaired) electrons. The molecule has 1 aromatic rings. The molecule has 0 aromatic heterocycles. The monoisotopic (exact) mass is 307 g/mol. The van der Waals surface area contributed by atoms with Gasteiger partial charge in [0.25, 0.3) is 0 Å². The second-order valence-electron chi connectivity index (χ2n) is 5.08. The van der Waals surface area contributed by atoms with Gasteiger partial charge in [-0.3, -0.25) is 0 Å². The summed E-state index contributed by atoms with van der Waals surface area (Å²) < 4.78 is 34.5. The van der Waals surface area contributed by atoms with Crippen LogP contribution in [-0.2, 0) is 0 Å². The van der Waals surface area contributed by atoms with Crippen LogP contribution >= 0.6 is 12.4 Å². The van der Waals surface area contributed by atoms with E-state index >= 15 is 0 Å². The number of nitrogens with two attached hydrogens (primary N) is 1. The molecule has 0 saturated heterocycles. The van der Waals surface area contributed by atoms with Crippen LogP contribution in [-0.4, -0.2) is 17.5 Å². The van der Waals surface area contributed by atoms with E-state index < -0.39 is 18.4 Å². The quantitative estimate of drug-likeness (QED) is 0.901. The van der Waals surface area contributed by atoms with E-state index in [1.54, 1.807) is 6.07 Å². The Balaban J connectivity index is 0.00000147. The van der Waals surface area contributed by atoms with E-state index in [1.807, 2.05) is 0 Å². The van der Waals surface area contributed by atoms with Crippen molar-refractivity contribution in [3.05, 3.63) is 23.8 Å². The zero-order chi connectivity index (χ0) is 13.6. The van der Waals surface area contributed by atoms with Crippen LogP contribution in [0.25, 0.3) is 0 Å². The average molecular weight is 308 g/mol. The topological polar surface area (TPSA) is 64.7 Å². The predicted molar refractivity (Wildman–Crippen MR) is 70.2 cm³/mol. The number of hydrogen-bond donors (Lipinski definition) is 2. The molecule has 112 valence electrons. The molecule has 1 aliphatic carbocycles. The summed E-state index contributed by atoms with van der Waals surface area (Å²) in [6.45, 7) is 0. The van der Waals surface area contributed by atoms with Crippen molar-refractivity contribution in [2.75, 3.05) is 0 Å². The van der Waals surface area contributed by atoms with Crippen LogP contribution in [0.2, 0.25) is 0 Å². The SMILES string of the molecule is Cl.N[C@H](c1ccc2c(c1)OC(F)(F)O2)[C@@H](O)C1CCC1. The molecular formula is C13H16ClF2NO3. The number of rotatable bonds is 3. The van der Waals surface area contributed by atoms with E-state index in [0.717, 1.165) is 19.3 Å². The van der Waals surface area contributed by atoms with Crippen LogP contribution < -0.4 is 15.2 Å². The Hall–Kier alpha value is -1.11. The lowest BCUT2D eigenvalue weighted by atomic mass is 9.77. The lowest BCUT2D eigenvalue weighted by Gasteiger charge is -2.33. The van der Waals surface area contributed by atoms with E-state index in [2.05, 4.69) is 9.47 Å². The van der Waals surface area contributed by atoms with Gasteiger partial charge in [0, 0.05) is 0 Å². The summed E-state index contributed by atoms with van der Waals surface area (Å²) in [4.78, 5) is 0. The molecule has 7 heteroatoms. The molecule has 3 rings (SSSR count). The molecule has 1 heterocycles. The smallest absolute Gasteiger partial charge is 0.395 e. The van der Waals surface area contributed by atoms with Crippen molar-refractivity contribution in [2.45, 2.75) is 37.7 Å². The van der Waals surface area contributed by atoms with Crippen molar-refractivity contribution >= 4 is 12.4 Å². The number of hydrogen-bond acceptors (Lipinski definition) is 4. The van der Waals surface area contributed by atoms with Crippen molar-refractivity contribution in [2.24, 2.45) is 11.7 Å². The molecule has 1 aromatic carbocycles. The summed E-state index contributed by atoms with van der Waals surface area (Å²) in [6, 6.07) is 3.77. The third-order valence-corrected chi connectivity index (χ3v) is 3.81. The highest BCUT2D eigenvalue weighted by molar-refractivity contribution is 5.85. The molecule has 20 heavy (non-hydrogen) atoms. The van der Waals surface area contributed by atoms with Gasteiger partial charge in [0.2, 0.25) is 0 Å². The lowest BCUT2D eigenvalue weighted by Crippen LogP contribution is -2.36. The summed E-state index contributed by atoms with van der Waals surface area (Å²) in [6.07, 6.45) is -1.27. The summed E-state index contributed by atoms with van der Waals surface area (Å²) in [7, 11) is 0. The van der Waals surface area contributed by atoms with E-state index in [4.69, 9.17) is 5.73 Å². The standard InChI is InChI=1S/C13H15F2NO3.ClH/c14-13(15)18-9-5-4-8(6-10(9)19-13)11(16)12(17)7-2-1-3-7;/h4-7,11-12,17H,1-3,16H2;1H/t11-,12+;/m1./s1. The highest BCUT2D eigenvalue weighted by atomic mass is 35.5. The average Bonchev–Trinajstić information content (AvgIpc) is 2.58. The van der Waals surface area contributed by atoms with Crippen molar-refractivity contribution in [1.29, 1.82) is 0 Å². The number of alkyl halides is 2. The van der Waals surface area contributed by atoms with E-state index in [9.17, 15) is 13.9 Å². The maximum atomic E-state index is 12.9. The minimum atomic E-state index is -3.63. The van der Waals surface area contributed by atoms with Crippen LogP contribution in [0, 0.1) is 5.92 Å². The first kappa shape index (κ1) is 15.3. The Morgan fingerprint density at radius 1 is 1.25 bits per heavy atom. The second-order valence-corrected chi connectivity index (χ2v) is 5.08. The van der Waals surface area contributed by atoms with Crippen LogP contribution in [0.3, 0.4) is 0 Å². The van der Waals surface area contributed by atoms with E-state index in [0.29, 0.717) is 5.56 Å². The Labute approximate surface area is 121 Å². The van der Waals surface area contributed by atoms with Crippen molar-refractivity contribution < 1.29 is 23.4 Å². The summed E-state index contributed by atoms with van der Waals surface area (Å²) in [5, 5.41) is 10.1. The molecule has 2 atom stereocenters. The number of aliphatic hydroxyl groups excluding tert-OH is 1. The molecule has 4 nitrogen and oxygen atoms in total. The van der Waals surface area contributed by atoms with E-state index in [1.165, 1.54) is 12.1 Å². The molecule has 2 aliphatic rings. The number of ether oxygens (including phenoxy) is 2. The maximum absolute atomic E-state index is 12.9. The van der Waals surface area contributed by atoms with Gasteiger partial charge < -0.3 is 20.3 Å². The van der Waals surface area contributed by atoms with Gasteiger partial charge in [-0.05, 0) is 36.5 Å². The van der Waals surface area contributed by atoms with Crippen molar-refractivity contribution in [3.63, 3.8) is 0 Å². The molecule has 1 saturated carbocycles. The van der Waals surface area contributed by atoms with Gasteiger partial charge >= 0.3 is 6.29 Å². The van der Waals surface area contributed by atoms with Crippen molar-refractivity contribution in [1.82, 2.24) is 0 Å². The zero-order valence-electron chi connectivity index (χ0n) is 10.6. The molecule has 1 aliphatic heterocycles. The van der Waals surface area contributed by atoms with Crippen LogP contribution in [0.4, 0.5) is 8.78 Å². The largest absolute Gasteiger partial charge is 0.586 e. The summed E-state index contributed by atoms with van der Waals surface area (Å²) in [5.41, 5.74) is 6.55. The Morgan fingerprint density at radius 2 is 1.90 bits per heavy atom. The first-order chi connectivity index (χ1) is 8.96. The highest BCUT2D eigenvalue weighted by Crippen LogP contribution is 2.43. The number of fused-ring (bicyclic) bond motifs is 1. The van der Waals surface area contributed by atoms with Crippen LogP contribution in [0.15, 0.2) is 18.2 Å². The van der Waals surface area contributed by atoms with Crippen molar-refractivity contribution in [3.8, 4) is 11.5 Å². The van der Waals surface area contributed by atoms with E-state index in [-0.39, 0.29) is 29.8 Å². The third kappa shape index (κ3) is 2.68. The number of aliphatic hydroxyl groups is 1. The maximum Gasteiger partial charge on any atom is 0.586 e. The summed E-state index contributed by atoms with van der Waals surface area (Å²) >= 11 is 0. The first-order valence-electron chi connectivity index (χ1n) is 6.30. The fraction of sp³-hybridized carbons (Fsp3) is 0.538. The van der Waals surface area contributed by atoms with Gasteiger partial charge in [0.15, 0.2) is 11.5 Å². The van der Waals surface area contributed by atoms with Gasteiger partial charge in [-0.2, -0.15) is 0 Å². The fourth-order valence-corrected chi connectivity index (χ4v) is 2.44.